The molecule has 0 saturated carbocycles. The molecule has 0 amide bonds. The summed E-state index contributed by atoms with van der Waals surface area (Å²) in [6.07, 6.45) is 1.71. The summed E-state index contributed by atoms with van der Waals surface area (Å²) in [7, 11) is 0. The zero-order valence-corrected chi connectivity index (χ0v) is 13.4. The summed E-state index contributed by atoms with van der Waals surface area (Å²) in [5, 5.41) is 0.719. The molecule has 2 N–H and O–H groups in total. The largest absolute Gasteiger partial charge is 0.489 e. The molecule has 1 atom stereocenters. The molecule has 2 aromatic carbocycles. The third kappa shape index (κ3) is 4.48. The average Bonchev–Trinajstić information content (AvgIpc) is 2.48. The molecule has 21 heavy (non-hydrogen) atoms. The van der Waals surface area contributed by atoms with Crippen LogP contribution in [0.4, 0.5) is 0 Å². The molecule has 0 saturated heterocycles. The average molecular weight is 304 g/mol. The van der Waals surface area contributed by atoms with Crippen LogP contribution in [0, 0.1) is 6.92 Å². The van der Waals surface area contributed by atoms with E-state index < -0.39 is 0 Å². The highest BCUT2D eigenvalue weighted by Crippen LogP contribution is 2.25. The molecule has 2 nitrogen and oxygen atoms in total. The van der Waals surface area contributed by atoms with Gasteiger partial charge in [0.05, 0.1) is 0 Å². The van der Waals surface area contributed by atoms with Crippen LogP contribution in [0.5, 0.6) is 5.75 Å². The highest BCUT2D eigenvalue weighted by molar-refractivity contribution is 6.30. The second-order valence-corrected chi connectivity index (χ2v) is 5.78. The van der Waals surface area contributed by atoms with Crippen LogP contribution in [0.3, 0.4) is 0 Å². The summed E-state index contributed by atoms with van der Waals surface area (Å²) < 4.78 is 5.99. The van der Waals surface area contributed by atoms with Crippen LogP contribution >= 0.6 is 11.6 Å². The molecule has 3 heteroatoms. The second kappa shape index (κ2) is 7.48. The fourth-order valence-electron chi connectivity index (χ4n) is 2.20. The maximum atomic E-state index is 6.09. The first-order chi connectivity index (χ1) is 10.1. The zero-order valence-electron chi connectivity index (χ0n) is 12.6. The number of hydrogen-bond donors (Lipinski definition) is 1. The van der Waals surface area contributed by atoms with Gasteiger partial charge in [-0.2, -0.15) is 0 Å². The van der Waals surface area contributed by atoms with Crippen LogP contribution < -0.4 is 10.5 Å². The van der Waals surface area contributed by atoms with Gasteiger partial charge in [0.1, 0.15) is 12.4 Å². The van der Waals surface area contributed by atoms with Crippen LogP contribution in [0.15, 0.2) is 42.5 Å². The van der Waals surface area contributed by atoms with Gasteiger partial charge >= 0.3 is 0 Å². The first-order valence-corrected chi connectivity index (χ1v) is 7.69. The van der Waals surface area contributed by atoms with E-state index in [0.717, 1.165) is 29.2 Å². The van der Waals surface area contributed by atoms with E-state index >= 15 is 0 Å². The van der Waals surface area contributed by atoms with Crippen LogP contribution in [-0.2, 0) is 13.0 Å². The lowest BCUT2D eigenvalue weighted by Gasteiger charge is -2.15. The van der Waals surface area contributed by atoms with Crippen molar-refractivity contribution in [3.8, 4) is 5.75 Å². The monoisotopic (exact) mass is 303 g/mol. The first kappa shape index (κ1) is 15.9. The Bertz CT molecular complexity index is 598. The van der Waals surface area contributed by atoms with Crippen molar-refractivity contribution in [1.29, 1.82) is 0 Å². The van der Waals surface area contributed by atoms with E-state index in [-0.39, 0.29) is 6.04 Å². The highest BCUT2D eigenvalue weighted by atomic mass is 35.5. The maximum Gasteiger partial charge on any atom is 0.123 e. The molecule has 2 rings (SSSR count). The van der Waals surface area contributed by atoms with Crippen molar-refractivity contribution < 1.29 is 4.74 Å². The lowest BCUT2D eigenvalue weighted by atomic mass is 10.0. The fraction of sp³-hybridized carbons (Fsp3) is 0.333. The molecule has 0 heterocycles. The highest BCUT2D eigenvalue weighted by Gasteiger charge is 2.09. The lowest BCUT2D eigenvalue weighted by molar-refractivity contribution is 0.301. The normalized spacial score (nSPS) is 12.2. The minimum atomic E-state index is 0.129. The Kier molecular flexibility index (Phi) is 5.66. The third-order valence-electron chi connectivity index (χ3n) is 3.67. The third-order valence-corrected chi connectivity index (χ3v) is 3.91. The van der Waals surface area contributed by atoms with E-state index in [1.807, 2.05) is 30.3 Å². The summed E-state index contributed by atoms with van der Waals surface area (Å²) >= 11 is 6.09. The van der Waals surface area contributed by atoms with Crippen LogP contribution in [0.2, 0.25) is 5.02 Å². The zero-order chi connectivity index (χ0) is 15.2. The summed E-state index contributed by atoms with van der Waals surface area (Å²) in [5.41, 5.74) is 9.56. The number of aryl methyl sites for hydroxylation is 1. The molecule has 0 aromatic heterocycles. The van der Waals surface area contributed by atoms with Gasteiger partial charge in [-0.3, -0.25) is 0 Å². The van der Waals surface area contributed by atoms with Gasteiger partial charge in [-0.05, 0) is 54.7 Å². The van der Waals surface area contributed by atoms with E-state index in [9.17, 15) is 0 Å². The van der Waals surface area contributed by atoms with Crippen molar-refractivity contribution in [2.75, 3.05) is 0 Å². The second-order valence-electron chi connectivity index (χ2n) is 5.34. The fourth-order valence-corrected chi connectivity index (χ4v) is 2.40. The number of nitrogens with two attached hydrogens (primary N) is 1. The Morgan fingerprint density at radius 3 is 2.62 bits per heavy atom. The summed E-state index contributed by atoms with van der Waals surface area (Å²) in [4.78, 5) is 0. The van der Waals surface area contributed by atoms with Crippen molar-refractivity contribution in [1.82, 2.24) is 0 Å². The molecule has 2 aromatic rings. The summed E-state index contributed by atoms with van der Waals surface area (Å²) in [5.74, 6) is 0.867. The summed E-state index contributed by atoms with van der Waals surface area (Å²) in [6, 6.07) is 14.1. The minimum Gasteiger partial charge on any atom is -0.489 e. The molecule has 1 unspecified atom stereocenters. The van der Waals surface area contributed by atoms with Crippen molar-refractivity contribution in [2.45, 2.75) is 39.3 Å². The van der Waals surface area contributed by atoms with Gasteiger partial charge in [-0.15, -0.1) is 0 Å². The minimum absolute atomic E-state index is 0.129. The van der Waals surface area contributed by atoms with E-state index in [4.69, 9.17) is 22.1 Å². The van der Waals surface area contributed by atoms with Gasteiger partial charge in [0.15, 0.2) is 0 Å². The van der Waals surface area contributed by atoms with Crippen molar-refractivity contribution in [3.63, 3.8) is 0 Å². The Balaban J connectivity index is 2.14. The van der Waals surface area contributed by atoms with E-state index in [1.54, 1.807) is 0 Å². The molecule has 0 aliphatic rings. The van der Waals surface area contributed by atoms with Gasteiger partial charge < -0.3 is 10.5 Å². The van der Waals surface area contributed by atoms with Gasteiger partial charge in [0.2, 0.25) is 0 Å². The Morgan fingerprint density at radius 1 is 1.14 bits per heavy atom. The Labute approximate surface area is 131 Å². The molecule has 0 aliphatic carbocycles. The lowest BCUT2D eigenvalue weighted by Crippen LogP contribution is -2.21. The number of benzene rings is 2. The quantitative estimate of drug-likeness (QED) is 0.852. The molecule has 112 valence electrons. The Hall–Kier alpha value is -1.51. The predicted molar refractivity (Wildman–Crippen MR) is 88.9 cm³/mol. The first-order valence-electron chi connectivity index (χ1n) is 7.31. The van der Waals surface area contributed by atoms with Gasteiger partial charge in [-0.25, -0.2) is 0 Å². The SMILES string of the molecule is CCC(N)Cc1cc(Cl)ccc1OCc1ccccc1C. The van der Waals surface area contributed by atoms with E-state index in [1.165, 1.54) is 11.1 Å². The van der Waals surface area contributed by atoms with Crippen LogP contribution in [0.25, 0.3) is 0 Å². The van der Waals surface area contributed by atoms with Crippen molar-refractivity contribution in [2.24, 2.45) is 5.73 Å². The molecular weight excluding hydrogens is 282 g/mol. The van der Waals surface area contributed by atoms with Crippen molar-refractivity contribution in [3.05, 3.63) is 64.2 Å². The van der Waals surface area contributed by atoms with Gasteiger partial charge in [-0.1, -0.05) is 42.8 Å². The van der Waals surface area contributed by atoms with Crippen LogP contribution in [0.1, 0.15) is 30.0 Å². The molecular formula is C18H22ClNO. The van der Waals surface area contributed by atoms with Crippen LogP contribution in [-0.4, -0.2) is 6.04 Å². The number of hydrogen-bond acceptors (Lipinski definition) is 2. The van der Waals surface area contributed by atoms with Crippen molar-refractivity contribution >= 4 is 11.6 Å². The topological polar surface area (TPSA) is 35.2 Å². The predicted octanol–water partition coefficient (Wildman–Crippen LogP) is 4.51. The smallest absolute Gasteiger partial charge is 0.123 e. The number of ether oxygens (including phenoxy) is 1. The maximum absolute atomic E-state index is 6.09. The van der Waals surface area contributed by atoms with E-state index in [2.05, 4.69) is 26.0 Å². The number of halogens is 1. The standard InChI is InChI=1S/C18H22ClNO/c1-3-17(20)11-15-10-16(19)8-9-18(15)21-12-14-7-5-4-6-13(14)2/h4-10,17H,3,11-12,20H2,1-2H3. The van der Waals surface area contributed by atoms with E-state index in [0.29, 0.717) is 6.61 Å². The number of rotatable bonds is 6. The summed E-state index contributed by atoms with van der Waals surface area (Å²) in [6.45, 7) is 4.74. The molecule has 0 spiro atoms. The van der Waals surface area contributed by atoms with Gasteiger partial charge in [0.25, 0.3) is 0 Å². The molecule has 0 aliphatic heterocycles. The molecule has 0 bridgehead atoms. The van der Waals surface area contributed by atoms with Gasteiger partial charge in [0, 0.05) is 11.1 Å². The molecule has 0 radical (unpaired) electrons. The Morgan fingerprint density at radius 2 is 1.90 bits per heavy atom. The molecule has 0 fully saturated rings.